The van der Waals surface area contributed by atoms with E-state index >= 15 is 0 Å². The van der Waals surface area contributed by atoms with Gasteiger partial charge in [0.15, 0.2) is 6.30 Å². The highest BCUT2D eigenvalue weighted by molar-refractivity contribution is 9.09. The van der Waals surface area contributed by atoms with Gasteiger partial charge in [0.25, 0.3) is 0 Å². The van der Waals surface area contributed by atoms with E-state index in [9.17, 15) is 30.7 Å². The molecule has 0 aromatic heterocycles. The van der Waals surface area contributed by atoms with E-state index in [1.807, 2.05) is 0 Å². The van der Waals surface area contributed by atoms with Gasteiger partial charge in [-0.2, -0.15) is 26.3 Å². The van der Waals surface area contributed by atoms with Gasteiger partial charge < -0.3 is 0 Å². The van der Waals surface area contributed by atoms with E-state index in [-0.39, 0.29) is 0 Å². The Kier molecular flexibility index (Phi) is 3.97. The molecule has 0 amide bonds. The maximum Gasteiger partial charge on any atom is 0.469 e. The third-order valence-corrected chi connectivity index (χ3v) is 1.49. The molecule has 80 valence electrons. The first kappa shape index (κ1) is 12.9. The lowest BCUT2D eigenvalue weighted by Gasteiger charge is -2.28. The molecule has 0 aliphatic carbocycles. The summed E-state index contributed by atoms with van der Waals surface area (Å²) in [7, 11) is 0. The largest absolute Gasteiger partial charge is 0.469 e. The molecule has 0 aliphatic heterocycles. The molecule has 13 heavy (non-hydrogen) atoms. The number of nitrogens with zero attached hydrogens (tertiary/aromatic N) is 1. The number of rotatable bonds is 2. The van der Waals surface area contributed by atoms with Crippen LogP contribution in [0.25, 0.3) is 0 Å². The van der Waals surface area contributed by atoms with Gasteiger partial charge in [0, 0.05) is 5.33 Å². The van der Waals surface area contributed by atoms with Gasteiger partial charge in [0.1, 0.15) is 0 Å². The summed E-state index contributed by atoms with van der Waals surface area (Å²) in [6.45, 7) is 0. The van der Waals surface area contributed by atoms with Crippen molar-refractivity contribution in [3.63, 3.8) is 0 Å². The molecule has 0 aromatic carbocycles. The van der Waals surface area contributed by atoms with Crippen molar-refractivity contribution in [1.29, 1.82) is 0 Å². The second kappa shape index (κ2) is 3.99. The van der Waals surface area contributed by atoms with Crippen LogP contribution in [0.15, 0.2) is 0 Å². The van der Waals surface area contributed by atoms with Crippen LogP contribution in [0.1, 0.15) is 0 Å². The average molecular weight is 278 g/mol. The monoisotopic (exact) mass is 277 g/mol. The van der Waals surface area contributed by atoms with Crippen LogP contribution in [0.3, 0.4) is 0 Å². The van der Waals surface area contributed by atoms with E-state index in [0.717, 1.165) is 0 Å². The third kappa shape index (κ3) is 3.67. The van der Waals surface area contributed by atoms with Crippen LogP contribution in [0.4, 0.5) is 30.7 Å². The van der Waals surface area contributed by atoms with E-state index < -0.39 is 29.1 Å². The summed E-state index contributed by atoms with van der Waals surface area (Å²) in [6, 6.07) is 0. The zero-order valence-electron chi connectivity index (χ0n) is 5.76. The first-order valence-electron chi connectivity index (χ1n) is 2.73. The summed E-state index contributed by atoms with van der Waals surface area (Å²) in [5.41, 5.74) is 0. The Bertz CT molecular complexity index is 149. The molecule has 0 spiro atoms. The summed E-state index contributed by atoms with van der Waals surface area (Å²) in [4.78, 5) is -2.12. The Labute approximate surface area is 76.6 Å². The van der Waals surface area contributed by atoms with Gasteiger partial charge in [-0.25, -0.2) is 4.39 Å². The molecule has 0 radical (unpaired) electrons. The van der Waals surface area contributed by atoms with Gasteiger partial charge in [-0.15, -0.1) is 0 Å². The Morgan fingerprint density at radius 1 is 1.00 bits per heavy atom. The summed E-state index contributed by atoms with van der Waals surface area (Å²) in [5, 5.41) is -1.08. The zero-order chi connectivity index (χ0) is 10.9. The molecular formula is C4H3BrF7N. The maximum atomic E-state index is 12.2. The van der Waals surface area contributed by atoms with Gasteiger partial charge in [-0.05, 0) is 0 Å². The maximum absolute atomic E-state index is 12.2. The van der Waals surface area contributed by atoms with E-state index in [4.69, 9.17) is 0 Å². The van der Waals surface area contributed by atoms with Crippen LogP contribution in [0.5, 0.6) is 0 Å². The quantitative estimate of drug-likeness (QED) is 0.426. The van der Waals surface area contributed by atoms with Gasteiger partial charge in [-0.3, -0.25) is 0 Å². The van der Waals surface area contributed by atoms with Crippen LogP contribution >= 0.6 is 15.9 Å². The van der Waals surface area contributed by atoms with Gasteiger partial charge >= 0.3 is 12.6 Å². The topological polar surface area (TPSA) is 3.24 Å². The average Bonchev–Trinajstić information content (AvgIpc) is 1.80. The standard InChI is InChI=1S/C4H3BrF7N/c5-1-2(6)13(3(7,8)9)4(10,11)12/h2H,1H2. The highest BCUT2D eigenvalue weighted by Crippen LogP contribution is 2.36. The molecule has 1 atom stereocenters. The summed E-state index contributed by atoms with van der Waals surface area (Å²) in [6.07, 6.45) is -14.7. The molecule has 0 rings (SSSR count). The highest BCUT2D eigenvalue weighted by atomic mass is 79.9. The minimum atomic E-state index is -5.77. The van der Waals surface area contributed by atoms with Crippen molar-refractivity contribution in [3.8, 4) is 0 Å². The molecule has 0 heterocycles. The van der Waals surface area contributed by atoms with Crippen LogP contribution in [0, 0.1) is 0 Å². The van der Waals surface area contributed by atoms with Crippen LogP contribution in [-0.4, -0.2) is 29.1 Å². The van der Waals surface area contributed by atoms with Gasteiger partial charge in [0.2, 0.25) is 0 Å². The fourth-order valence-corrected chi connectivity index (χ4v) is 0.820. The second-order valence-corrected chi connectivity index (χ2v) is 2.54. The molecule has 0 N–H and O–H groups in total. The Balaban J connectivity index is 4.78. The fourth-order valence-electron chi connectivity index (χ4n) is 0.530. The van der Waals surface area contributed by atoms with Gasteiger partial charge in [-0.1, -0.05) is 20.8 Å². The van der Waals surface area contributed by atoms with Crippen LogP contribution in [-0.2, 0) is 0 Å². The second-order valence-electron chi connectivity index (χ2n) is 1.89. The predicted octanol–water partition coefficient (Wildman–Crippen LogP) is 3.02. The molecule has 1 nitrogen and oxygen atoms in total. The molecule has 1 unspecified atom stereocenters. The lowest BCUT2D eigenvalue weighted by Crippen LogP contribution is -2.52. The normalized spacial score (nSPS) is 16.4. The zero-order valence-corrected chi connectivity index (χ0v) is 7.34. The lowest BCUT2D eigenvalue weighted by atomic mass is 10.6. The number of hydrogen-bond donors (Lipinski definition) is 0. The Morgan fingerprint density at radius 2 is 1.31 bits per heavy atom. The Hall–Kier alpha value is -0.0500. The molecule has 0 bridgehead atoms. The number of alkyl halides is 8. The molecule has 9 heteroatoms. The van der Waals surface area contributed by atoms with E-state index in [1.54, 1.807) is 0 Å². The van der Waals surface area contributed by atoms with Crippen molar-refractivity contribution in [1.82, 2.24) is 4.90 Å². The summed E-state index contributed by atoms with van der Waals surface area (Å²) < 4.78 is 81.8. The van der Waals surface area contributed by atoms with Crippen molar-refractivity contribution in [3.05, 3.63) is 0 Å². The van der Waals surface area contributed by atoms with Crippen molar-refractivity contribution in [2.75, 3.05) is 5.33 Å². The minimum Gasteiger partial charge on any atom is -0.229 e. The lowest BCUT2D eigenvalue weighted by molar-refractivity contribution is -0.393. The van der Waals surface area contributed by atoms with Crippen LogP contribution < -0.4 is 0 Å². The summed E-state index contributed by atoms with van der Waals surface area (Å²) >= 11 is 2.18. The minimum absolute atomic E-state index is 1.08. The molecule has 0 aromatic rings. The molecular weight excluding hydrogens is 275 g/mol. The van der Waals surface area contributed by atoms with E-state index in [2.05, 4.69) is 15.9 Å². The SMILES string of the molecule is FC(CBr)N(C(F)(F)F)C(F)(F)F. The van der Waals surface area contributed by atoms with Crippen molar-refractivity contribution < 1.29 is 30.7 Å². The number of hydrogen-bond acceptors (Lipinski definition) is 1. The van der Waals surface area contributed by atoms with Crippen LogP contribution in [0.2, 0.25) is 0 Å². The smallest absolute Gasteiger partial charge is 0.229 e. The first-order chi connectivity index (χ1) is 5.60. The van der Waals surface area contributed by atoms with Crippen molar-refractivity contribution in [2.45, 2.75) is 18.9 Å². The molecule has 0 saturated carbocycles. The third-order valence-electron chi connectivity index (χ3n) is 0.954. The predicted molar refractivity (Wildman–Crippen MR) is 32.6 cm³/mol. The fraction of sp³-hybridized carbons (Fsp3) is 1.00. The molecule has 0 fully saturated rings. The first-order valence-corrected chi connectivity index (χ1v) is 3.85. The van der Waals surface area contributed by atoms with Crippen molar-refractivity contribution in [2.24, 2.45) is 0 Å². The van der Waals surface area contributed by atoms with Gasteiger partial charge in [0.05, 0.1) is 0 Å². The molecule has 0 aliphatic rings. The summed E-state index contributed by atoms with van der Waals surface area (Å²) in [5.74, 6) is 0. The molecule has 0 saturated heterocycles. The van der Waals surface area contributed by atoms with E-state index in [0.29, 0.717) is 0 Å². The highest BCUT2D eigenvalue weighted by Gasteiger charge is 2.57. The number of halogens is 8. The van der Waals surface area contributed by atoms with Crippen molar-refractivity contribution >= 4 is 15.9 Å². The Morgan fingerprint density at radius 3 is 1.38 bits per heavy atom. The van der Waals surface area contributed by atoms with E-state index in [1.165, 1.54) is 0 Å².